The highest BCUT2D eigenvalue weighted by atomic mass is 16.6. The van der Waals surface area contributed by atoms with E-state index in [9.17, 15) is 4.79 Å². The lowest BCUT2D eigenvalue weighted by atomic mass is 9.85. The minimum absolute atomic E-state index is 0.0517. The number of ether oxygens (including phenoxy) is 1. The number of rotatable bonds is 1. The Balaban J connectivity index is 2.55. The molecular formula is C16H21NO2. The Kier molecular flexibility index (Phi) is 2.96. The molecule has 1 heterocycles. The van der Waals surface area contributed by atoms with Gasteiger partial charge in [0.05, 0.1) is 11.4 Å². The average Bonchev–Trinajstić information content (AvgIpc) is 2.47. The molecule has 1 amide bonds. The van der Waals surface area contributed by atoms with Crippen LogP contribution in [-0.4, -0.2) is 11.7 Å². The van der Waals surface area contributed by atoms with Crippen LogP contribution in [0.2, 0.25) is 0 Å². The van der Waals surface area contributed by atoms with Gasteiger partial charge in [-0.15, -0.1) is 0 Å². The molecule has 1 aromatic carbocycles. The van der Waals surface area contributed by atoms with Crippen LogP contribution in [0.15, 0.2) is 36.5 Å². The fraction of sp³-hybridized carbons (Fsp3) is 0.438. The van der Waals surface area contributed by atoms with Gasteiger partial charge in [0, 0.05) is 0 Å². The average molecular weight is 259 g/mol. The van der Waals surface area contributed by atoms with Crippen molar-refractivity contribution in [1.29, 1.82) is 0 Å². The summed E-state index contributed by atoms with van der Waals surface area (Å²) in [6.07, 6.45) is -0.355. The zero-order valence-corrected chi connectivity index (χ0v) is 12.3. The number of hydrogen-bond donors (Lipinski definition) is 0. The summed E-state index contributed by atoms with van der Waals surface area (Å²) in [5.74, 6) is 0. The molecule has 0 unspecified atom stereocenters. The highest BCUT2D eigenvalue weighted by Crippen LogP contribution is 2.40. The van der Waals surface area contributed by atoms with Gasteiger partial charge in [-0.3, -0.25) is 0 Å². The molecule has 0 N–H and O–H groups in total. The van der Waals surface area contributed by atoms with Gasteiger partial charge >= 0.3 is 6.09 Å². The number of carbonyl (C=O) groups is 1. The van der Waals surface area contributed by atoms with Crippen molar-refractivity contribution in [2.75, 3.05) is 4.90 Å². The Morgan fingerprint density at radius 1 is 1.21 bits per heavy atom. The van der Waals surface area contributed by atoms with Gasteiger partial charge in [-0.05, 0) is 30.9 Å². The second-order valence-corrected chi connectivity index (χ2v) is 6.43. The summed E-state index contributed by atoms with van der Waals surface area (Å²) in [6.45, 7) is 14.1. The number of anilines is 1. The molecule has 3 nitrogen and oxygen atoms in total. The van der Waals surface area contributed by atoms with Crippen molar-refractivity contribution in [2.45, 2.75) is 45.6 Å². The van der Waals surface area contributed by atoms with Crippen molar-refractivity contribution in [3.63, 3.8) is 0 Å². The number of amides is 1. The molecule has 1 aromatic rings. The Morgan fingerprint density at radius 3 is 2.26 bits per heavy atom. The molecule has 0 bridgehead atoms. The topological polar surface area (TPSA) is 29.5 Å². The Bertz CT molecular complexity index is 538. The largest absolute Gasteiger partial charge is 0.436 e. The lowest BCUT2D eigenvalue weighted by Crippen LogP contribution is -2.27. The van der Waals surface area contributed by atoms with E-state index in [2.05, 4.69) is 27.4 Å². The second-order valence-electron chi connectivity index (χ2n) is 6.43. The third kappa shape index (κ3) is 2.25. The number of hydrogen-bond acceptors (Lipinski definition) is 2. The molecule has 3 heteroatoms. The van der Waals surface area contributed by atoms with E-state index in [0.717, 1.165) is 11.3 Å². The molecule has 19 heavy (non-hydrogen) atoms. The molecule has 102 valence electrons. The quantitative estimate of drug-likeness (QED) is 0.755. The van der Waals surface area contributed by atoms with E-state index in [1.165, 1.54) is 0 Å². The maximum absolute atomic E-state index is 12.1. The molecule has 0 atom stereocenters. The van der Waals surface area contributed by atoms with E-state index in [1.807, 2.05) is 38.1 Å². The van der Waals surface area contributed by atoms with Crippen LogP contribution in [0.25, 0.3) is 0 Å². The van der Waals surface area contributed by atoms with E-state index in [-0.39, 0.29) is 11.5 Å². The number of benzene rings is 1. The number of para-hydroxylation sites is 1. The van der Waals surface area contributed by atoms with Gasteiger partial charge in [0.25, 0.3) is 0 Å². The molecule has 0 spiro atoms. The number of carbonyl (C=O) groups excluding carboxylic acids is 1. The first-order valence-corrected chi connectivity index (χ1v) is 6.46. The SMILES string of the molecule is C=C1N(c2ccccc2C(C)(C)C)C(=O)OC1(C)C. The van der Waals surface area contributed by atoms with Gasteiger partial charge in [0.15, 0.2) is 0 Å². The van der Waals surface area contributed by atoms with Crippen LogP contribution in [0, 0.1) is 0 Å². The molecule has 1 fully saturated rings. The summed E-state index contributed by atoms with van der Waals surface area (Å²) in [7, 11) is 0. The van der Waals surface area contributed by atoms with Gasteiger partial charge in [-0.2, -0.15) is 0 Å². The predicted octanol–water partition coefficient (Wildman–Crippen LogP) is 4.23. The third-order valence-electron chi connectivity index (χ3n) is 3.44. The summed E-state index contributed by atoms with van der Waals surface area (Å²) in [6, 6.07) is 7.89. The normalized spacial score (nSPS) is 18.7. The van der Waals surface area contributed by atoms with E-state index >= 15 is 0 Å². The van der Waals surface area contributed by atoms with Crippen LogP contribution < -0.4 is 4.90 Å². The van der Waals surface area contributed by atoms with E-state index < -0.39 is 5.60 Å². The molecule has 0 saturated carbocycles. The van der Waals surface area contributed by atoms with Crippen LogP contribution in [0.4, 0.5) is 10.5 Å². The van der Waals surface area contributed by atoms with Crippen LogP contribution in [-0.2, 0) is 10.2 Å². The first-order valence-electron chi connectivity index (χ1n) is 6.46. The Hall–Kier alpha value is -1.77. The fourth-order valence-corrected chi connectivity index (χ4v) is 2.25. The van der Waals surface area contributed by atoms with Gasteiger partial charge in [0.2, 0.25) is 0 Å². The monoisotopic (exact) mass is 259 g/mol. The van der Waals surface area contributed by atoms with Crippen LogP contribution in [0.3, 0.4) is 0 Å². The maximum Gasteiger partial charge on any atom is 0.419 e. The molecular weight excluding hydrogens is 238 g/mol. The molecule has 1 aliphatic heterocycles. The minimum atomic E-state index is -0.651. The first kappa shape index (κ1) is 13.7. The molecule has 0 aromatic heterocycles. The summed E-state index contributed by atoms with van der Waals surface area (Å²) in [5.41, 5.74) is 1.93. The zero-order valence-electron chi connectivity index (χ0n) is 12.3. The van der Waals surface area contributed by atoms with Crippen molar-refractivity contribution in [3.8, 4) is 0 Å². The number of nitrogens with zero attached hydrogens (tertiary/aromatic N) is 1. The summed E-state index contributed by atoms with van der Waals surface area (Å²) in [5, 5.41) is 0. The lowest BCUT2D eigenvalue weighted by Gasteiger charge is -2.27. The minimum Gasteiger partial charge on any atom is -0.436 e. The predicted molar refractivity (Wildman–Crippen MR) is 77.3 cm³/mol. The smallest absolute Gasteiger partial charge is 0.419 e. The van der Waals surface area contributed by atoms with E-state index in [4.69, 9.17) is 4.74 Å². The molecule has 1 saturated heterocycles. The molecule has 2 rings (SSSR count). The molecule has 1 aliphatic rings. The van der Waals surface area contributed by atoms with Crippen molar-refractivity contribution in [3.05, 3.63) is 42.1 Å². The highest BCUT2D eigenvalue weighted by molar-refractivity contribution is 5.96. The van der Waals surface area contributed by atoms with Crippen molar-refractivity contribution in [1.82, 2.24) is 0 Å². The van der Waals surface area contributed by atoms with Crippen molar-refractivity contribution >= 4 is 11.8 Å². The standard InChI is InChI=1S/C16H21NO2/c1-11-16(5,6)19-14(18)17(11)13-10-8-7-9-12(13)15(2,3)4/h7-10H,1H2,2-6H3. The fourth-order valence-electron chi connectivity index (χ4n) is 2.25. The van der Waals surface area contributed by atoms with Gasteiger partial charge in [-0.1, -0.05) is 45.5 Å². The molecule has 0 aliphatic carbocycles. The maximum atomic E-state index is 12.1. The third-order valence-corrected chi connectivity index (χ3v) is 3.44. The van der Waals surface area contributed by atoms with Gasteiger partial charge in [0.1, 0.15) is 5.60 Å². The highest BCUT2D eigenvalue weighted by Gasteiger charge is 2.43. The van der Waals surface area contributed by atoms with Crippen molar-refractivity contribution < 1.29 is 9.53 Å². The van der Waals surface area contributed by atoms with Gasteiger partial charge in [-0.25, -0.2) is 9.69 Å². The second kappa shape index (κ2) is 4.12. The first-order chi connectivity index (χ1) is 8.64. The lowest BCUT2D eigenvalue weighted by molar-refractivity contribution is 0.0987. The summed E-state index contributed by atoms with van der Waals surface area (Å²) >= 11 is 0. The van der Waals surface area contributed by atoms with Crippen LogP contribution in [0.1, 0.15) is 40.2 Å². The summed E-state index contributed by atoms with van der Waals surface area (Å²) < 4.78 is 5.38. The molecule has 0 radical (unpaired) electrons. The van der Waals surface area contributed by atoms with E-state index in [0.29, 0.717) is 5.70 Å². The van der Waals surface area contributed by atoms with Crippen LogP contribution >= 0.6 is 0 Å². The van der Waals surface area contributed by atoms with Crippen LogP contribution in [0.5, 0.6) is 0 Å². The van der Waals surface area contributed by atoms with Crippen molar-refractivity contribution in [2.24, 2.45) is 0 Å². The summed E-state index contributed by atoms with van der Waals surface area (Å²) in [4.78, 5) is 13.7. The van der Waals surface area contributed by atoms with E-state index in [1.54, 1.807) is 4.90 Å². The van der Waals surface area contributed by atoms with Gasteiger partial charge < -0.3 is 4.74 Å². The Labute approximate surface area is 114 Å². The Morgan fingerprint density at radius 2 is 1.79 bits per heavy atom. The number of cyclic esters (lactones) is 1. The zero-order chi connectivity index (χ0) is 14.4.